The molecule has 2 nitrogen and oxygen atoms in total. The van der Waals surface area contributed by atoms with Gasteiger partial charge in [0.15, 0.2) is 18.8 Å². The lowest BCUT2D eigenvalue weighted by atomic mass is 10.4. The van der Waals surface area contributed by atoms with Crippen LogP contribution in [0.25, 0.3) is 0 Å². The molecule has 1 unspecified atom stereocenters. The molecule has 9 heavy (non-hydrogen) atoms. The molecule has 2 N–H and O–H groups in total. The smallest absolute Gasteiger partial charge is 0.169 e. The molecule has 0 aliphatic carbocycles. The average Bonchev–Trinajstić information content (AvgIpc) is 1.80. The van der Waals surface area contributed by atoms with Crippen LogP contribution in [0.4, 0.5) is 0 Å². The molecule has 0 amide bonds. The van der Waals surface area contributed by atoms with Gasteiger partial charge in [0, 0.05) is 0 Å². The Balaban J connectivity index is 2.75. The van der Waals surface area contributed by atoms with Gasteiger partial charge in [-0.2, -0.15) is 0 Å². The first kappa shape index (κ1) is 9.35. The molecule has 0 aromatic heterocycles. The summed E-state index contributed by atoms with van der Waals surface area (Å²) in [5.41, 5.74) is 0. The largest absolute Gasteiger partial charge is 0.438 e. The lowest BCUT2D eigenvalue weighted by molar-refractivity contribution is 0.567. The van der Waals surface area contributed by atoms with Crippen molar-refractivity contribution >= 4 is 18.8 Å². The van der Waals surface area contributed by atoms with Crippen molar-refractivity contribution < 1.29 is 9.59 Å². The van der Waals surface area contributed by atoms with Gasteiger partial charge in [-0.3, -0.25) is 0 Å². The van der Waals surface area contributed by atoms with Gasteiger partial charge in [0.05, 0.1) is 0 Å². The Labute approximate surface area is 60.6 Å². The number of hydrogen-bond donors (Lipinski definition) is 2. The monoisotopic (exact) mass is 164 g/mol. The molecule has 0 aliphatic rings. The maximum Gasteiger partial charge on any atom is 0.169 e. The number of unbranched alkanes of at least 4 members (excludes halogenated alkanes) is 1. The second-order valence-electron chi connectivity index (χ2n) is 2.42. The second kappa shape index (κ2) is 6.47. The topological polar surface area (TPSA) is 40.5 Å². The lowest BCUT2D eigenvalue weighted by Crippen LogP contribution is -2.03. The first-order valence-corrected chi connectivity index (χ1v) is 7.68. The molecule has 1 atom stereocenters. The molecule has 0 aliphatic heterocycles. The summed E-state index contributed by atoms with van der Waals surface area (Å²) in [5, 5.41) is 0. The molecule has 0 saturated heterocycles. The third-order valence-corrected chi connectivity index (χ3v) is 3.34. The van der Waals surface area contributed by atoms with Crippen molar-refractivity contribution in [1.29, 1.82) is 0 Å². The average molecular weight is 164 g/mol. The molecular formula is C5H16O2Si2. The van der Waals surface area contributed by atoms with Gasteiger partial charge in [0.25, 0.3) is 0 Å². The van der Waals surface area contributed by atoms with Crippen LogP contribution in [0.3, 0.4) is 0 Å². The van der Waals surface area contributed by atoms with Gasteiger partial charge in [-0.05, 0) is 18.6 Å². The van der Waals surface area contributed by atoms with Crippen molar-refractivity contribution in [3.8, 4) is 0 Å². The molecule has 0 aromatic carbocycles. The molecule has 0 aromatic rings. The van der Waals surface area contributed by atoms with Crippen molar-refractivity contribution in [1.82, 2.24) is 0 Å². The molecule has 0 rings (SSSR count). The van der Waals surface area contributed by atoms with Crippen LogP contribution in [0.15, 0.2) is 0 Å². The van der Waals surface area contributed by atoms with E-state index in [1.165, 1.54) is 0 Å². The van der Waals surface area contributed by atoms with Crippen LogP contribution in [0.2, 0.25) is 18.6 Å². The summed E-state index contributed by atoms with van der Waals surface area (Å²) in [4.78, 5) is 17.5. The maximum atomic E-state index is 8.94. The van der Waals surface area contributed by atoms with E-state index < -0.39 is 18.8 Å². The van der Waals surface area contributed by atoms with E-state index in [-0.39, 0.29) is 0 Å². The highest BCUT2D eigenvalue weighted by Crippen LogP contribution is 2.01. The van der Waals surface area contributed by atoms with Gasteiger partial charge in [-0.25, -0.2) is 0 Å². The Morgan fingerprint density at radius 2 is 2.11 bits per heavy atom. The normalized spacial score (nSPS) is 15.0. The highest BCUT2D eigenvalue weighted by atomic mass is 28.3. The summed E-state index contributed by atoms with van der Waals surface area (Å²) in [5.74, 6) is 0. The van der Waals surface area contributed by atoms with Crippen molar-refractivity contribution in [2.45, 2.75) is 31.5 Å². The Bertz CT molecular complexity index is 58.9. The van der Waals surface area contributed by atoms with E-state index >= 15 is 0 Å². The summed E-state index contributed by atoms with van der Waals surface area (Å²) in [6, 6.07) is 2.05. The third kappa shape index (κ3) is 8.35. The van der Waals surface area contributed by atoms with Crippen LogP contribution in [0, 0.1) is 0 Å². The van der Waals surface area contributed by atoms with E-state index in [1.807, 2.05) is 6.55 Å². The molecule has 56 valence electrons. The molecular weight excluding hydrogens is 148 g/mol. The lowest BCUT2D eigenvalue weighted by Gasteiger charge is -1.98. The summed E-state index contributed by atoms with van der Waals surface area (Å²) < 4.78 is 0. The van der Waals surface area contributed by atoms with Crippen LogP contribution >= 0.6 is 0 Å². The zero-order chi connectivity index (χ0) is 7.11. The van der Waals surface area contributed by atoms with Crippen molar-refractivity contribution in [2.24, 2.45) is 0 Å². The quantitative estimate of drug-likeness (QED) is 0.429. The fourth-order valence-electron chi connectivity index (χ4n) is 0.728. The molecule has 4 heteroatoms. The van der Waals surface area contributed by atoms with Crippen LogP contribution in [-0.4, -0.2) is 28.4 Å². The number of hydrogen-bond acceptors (Lipinski definition) is 2. The summed E-state index contributed by atoms with van der Waals surface area (Å²) in [7, 11) is -1.98. The molecule has 0 bridgehead atoms. The van der Waals surface area contributed by atoms with Gasteiger partial charge in [0.1, 0.15) is 0 Å². The SMILES string of the molecule is C[SiH](O)CCCC[SiH2]O. The van der Waals surface area contributed by atoms with E-state index in [0.29, 0.717) is 0 Å². The zero-order valence-electron chi connectivity index (χ0n) is 6.01. The standard InChI is InChI=1S/C5H16O2Si2/c1-9(7)5-3-2-4-8-6/h6-7,9H,2-5,8H2,1H3. The summed E-state index contributed by atoms with van der Waals surface area (Å²) >= 11 is 0. The van der Waals surface area contributed by atoms with Crippen LogP contribution in [0.1, 0.15) is 12.8 Å². The minimum Gasteiger partial charge on any atom is -0.438 e. The Kier molecular flexibility index (Phi) is 6.73. The first-order chi connectivity index (χ1) is 4.27. The maximum absolute atomic E-state index is 8.94. The highest BCUT2D eigenvalue weighted by Gasteiger charge is 1.96. The van der Waals surface area contributed by atoms with Gasteiger partial charge in [-0.1, -0.05) is 12.8 Å². The summed E-state index contributed by atoms with van der Waals surface area (Å²) in [6.07, 6.45) is 2.25. The fourth-order valence-corrected chi connectivity index (χ4v) is 2.18. The molecule has 0 fully saturated rings. The van der Waals surface area contributed by atoms with Gasteiger partial charge >= 0.3 is 0 Å². The van der Waals surface area contributed by atoms with Crippen molar-refractivity contribution in [3.63, 3.8) is 0 Å². The number of rotatable bonds is 5. The Morgan fingerprint density at radius 1 is 1.44 bits per heavy atom. The fraction of sp³-hybridized carbons (Fsp3) is 1.00. The van der Waals surface area contributed by atoms with Gasteiger partial charge in [0.2, 0.25) is 0 Å². The summed E-state index contributed by atoms with van der Waals surface area (Å²) in [6.45, 7) is 1.94. The van der Waals surface area contributed by atoms with Crippen LogP contribution < -0.4 is 0 Å². The van der Waals surface area contributed by atoms with E-state index in [1.54, 1.807) is 0 Å². The van der Waals surface area contributed by atoms with E-state index in [4.69, 9.17) is 9.59 Å². The predicted molar refractivity (Wildman–Crippen MR) is 44.8 cm³/mol. The van der Waals surface area contributed by atoms with Crippen LogP contribution in [0.5, 0.6) is 0 Å². The molecule has 0 saturated carbocycles. The van der Waals surface area contributed by atoms with E-state index in [0.717, 1.165) is 24.9 Å². The first-order valence-electron chi connectivity index (χ1n) is 3.56. The van der Waals surface area contributed by atoms with Crippen molar-refractivity contribution in [3.05, 3.63) is 0 Å². The van der Waals surface area contributed by atoms with Crippen LogP contribution in [-0.2, 0) is 0 Å². The minimum atomic E-state index is -1.28. The Hall–Kier alpha value is 0.354. The Morgan fingerprint density at radius 3 is 2.56 bits per heavy atom. The molecule has 0 heterocycles. The second-order valence-corrected chi connectivity index (χ2v) is 5.85. The van der Waals surface area contributed by atoms with Gasteiger partial charge in [-0.15, -0.1) is 0 Å². The minimum absolute atomic E-state index is 0.697. The molecule has 0 radical (unpaired) electrons. The predicted octanol–water partition coefficient (Wildman–Crippen LogP) is -0.393. The third-order valence-electron chi connectivity index (χ3n) is 1.28. The van der Waals surface area contributed by atoms with Gasteiger partial charge < -0.3 is 9.59 Å². The highest BCUT2D eigenvalue weighted by molar-refractivity contribution is 6.48. The van der Waals surface area contributed by atoms with E-state index in [2.05, 4.69) is 0 Å². The zero-order valence-corrected chi connectivity index (χ0v) is 8.58. The van der Waals surface area contributed by atoms with E-state index in [9.17, 15) is 0 Å². The van der Waals surface area contributed by atoms with Crippen molar-refractivity contribution in [2.75, 3.05) is 0 Å². The molecule has 0 spiro atoms.